The lowest BCUT2D eigenvalue weighted by atomic mass is 10.2. The van der Waals surface area contributed by atoms with E-state index in [1.165, 1.54) is 44.2 Å². The predicted octanol–water partition coefficient (Wildman–Crippen LogP) is 1.87. The lowest BCUT2D eigenvalue weighted by Crippen LogP contribution is -2.41. The first kappa shape index (κ1) is 22.7. The standard InChI is InChI=1S/C19H22N2O6S2/c1-12(21-29(25,26)16-7-5-4-6-8-16)19(24)27-13(2)18(23)17-10-9-15(28-17)11-20-14(3)22/h4-10,12-13,21H,11H2,1-3H3,(H,20,22)/t12-,13?/m0/s1. The van der Waals surface area contributed by atoms with E-state index < -0.39 is 33.9 Å². The molecule has 0 radical (unpaired) electrons. The second-order valence-electron chi connectivity index (χ2n) is 6.28. The Labute approximate surface area is 173 Å². The molecule has 8 nitrogen and oxygen atoms in total. The SMILES string of the molecule is CC(=O)NCc1ccc(C(=O)C(C)OC(=O)[C@H](C)NS(=O)(=O)c2ccccc2)s1. The molecular weight excluding hydrogens is 416 g/mol. The van der Waals surface area contributed by atoms with Gasteiger partial charge in [0.15, 0.2) is 6.10 Å². The molecule has 0 aliphatic heterocycles. The van der Waals surface area contributed by atoms with E-state index in [0.717, 1.165) is 4.88 Å². The molecular formula is C19H22N2O6S2. The lowest BCUT2D eigenvalue weighted by Gasteiger charge is -2.17. The molecule has 0 saturated carbocycles. The number of Topliss-reactive ketones (excluding diaryl/α,β-unsaturated/α-hetero) is 1. The summed E-state index contributed by atoms with van der Waals surface area (Å²) >= 11 is 1.19. The molecule has 1 unspecified atom stereocenters. The maximum atomic E-state index is 12.5. The highest BCUT2D eigenvalue weighted by Crippen LogP contribution is 2.19. The highest BCUT2D eigenvalue weighted by atomic mass is 32.2. The third kappa shape index (κ3) is 6.48. The number of carbonyl (C=O) groups excluding carboxylic acids is 3. The number of ether oxygens (including phenoxy) is 1. The number of carbonyl (C=O) groups is 3. The zero-order chi connectivity index (χ0) is 21.6. The van der Waals surface area contributed by atoms with Crippen molar-refractivity contribution in [2.24, 2.45) is 0 Å². The van der Waals surface area contributed by atoms with Crippen molar-refractivity contribution >= 4 is 39.0 Å². The van der Waals surface area contributed by atoms with Crippen LogP contribution in [-0.4, -0.2) is 38.2 Å². The first-order valence-corrected chi connectivity index (χ1v) is 11.1. The van der Waals surface area contributed by atoms with Crippen molar-refractivity contribution < 1.29 is 27.5 Å². The molecule has 0 aliphatic rings. The molecule has 1 heterocycles. The van der Waals surface area contributed by atoms with Crippen molar-refractivity contribution in [2.75, 3.05) is 0 Å². The van der Waals surface area contributed by atoms with Gasteiger partial charge in [-0.2, -0.15) is 4.72 Å². The number of benzene rings is 1. The smallest absolute Gasteiger partial charge is 0.324 e. The summed E-state index contributed by atoms with van der Waals surface area (Å²) < 4.78 is 31.9. The van der Waals surface area contributed by atoms with E-state index in [2.05, 4.69) is 10.0 Å². The van der Waals surface area contributed by atoms with Crippen LogP contribution in [0.2, 0.25) is 0 Å². The number of rotatable bonds is 9. The van der Waals surface area contributed by atoms with E-state index in [4.69, 9.17) is 4.74 Å². The van der Waals surface area contributed by atoms with Gasteiger partial charge in [0, 0.05) is 11.8 Å². The summed E-state index contributed by atoms with van der Waals surface area (Å²) in [6.45, 7) is 4.47. The molecule has 0 fully saturated rings. The monoisotopic (exact) mass is 438 g/mol. The Hall–Kier alpha value is -2.56. The topological polar surface area (TPSA) is 119 Å². The average molecular weight is 439 g/mol. The third-order valence-electron chi connectivity index (χ3n) is 3.82. The van der Waals surface area contributed by atoms with Crippen LogP contribution in [0, 0.1) is 0 Å². The number of hydrogen-bond donors (Lipinski definition) is 2. The van der Waals surface area contributed by atoms with Gasteiger partial charge in [-0.25, -0.2) is 8.42 Å². The van der Waals surface area contributed by atoms with E-state index in [-0.39, 0.29) is 10.8 Å². The van der Waals surface area contributed by atoms with Crippen molar-refractivity contribution in [2.45, 2.75) is 44.4 Å². The Morgan fingerprint density at radius 1 is 1.07 bits per heavy atom. The fourth-order valence-corrected chi connectivity index (χ4v) is 4.47. The summed E-state index contributed by atoms with van der Waals surface area (Å²) in [5.41, 5.74) is 0. The molecule has 0 bridgehead atoms. The van der Waals surface area contributed by atoms with Crippen molar-refractivity contribution in [3.63, 3.8) is 0 Å². The molecule has 1 aromatic heterocycles. The second kappa shape index (κ2) is 9.77. The summed E-state index contributed by atoms with van der Waals surface area (Å²) in [6.07, 6.45) is -1.08. The first-order valence-electron chi connectivity index (χ1n) is 8.75. The Bertz CT molecular complexity index is 985. The minimum Gasteiger partial charge on any atom is -0.453 e. The molecule has 2 aromatic rings. The summed E-state index contributed by atoms with van der Waals surface area (Å²) in [4.78, 5) is 36.8. The largest absolute Gasteiger partial charge is 0.453 e. The van der Waals surface area contributed by atoms with Gasteiger partial charge < -0.3 is 10.1 Å². The van der Waals surface area contributed by atoms with Gasteiger partial charge in [0.1, 0.15) is 6.04 Å². The minimum absolute atomic E-state index is 0.0223. The maximum Gasteiger partial charge on any atom is 0.324 e. The van der Waals surface area contributed by atoms with Crippen LogP contribution in [0.5, 0.6) is 0 Å². The van der Waals surface area contributed by atoms with Gasteiger partial charge in [0.2, 0.25) is 21.7 Å². The number of nitrogens with one attached hydrogen (secondary N) is 2. The lowest BCUT2D eigenvalue weighted by molar-refractivity contribution is -0.147. The fraction of sp³-hybridized carbons (Fsp3) is 0.316. The third-order valence-corrected chi connectivity index (χ3v) is 6.47. The predicted molar refractivity (Wildman–Crippen MR) is 108 cm³/mol. The number of amides is 1. The number of ketones is 1. The van der Waals surface area contributed by atoms with Gasteiger partial charge in [-0.15, -0.1) is 11.3 Å². The molecule has 156 valence electrons. The van der Waals surface area contributed by atoms with E-state index in [1.807, 2.05) is 0 Å². The van der Waals surface area contributed by atoms with Gasteiger partial charge in [0.25, 0.3) is 0 Å². The zero-order valence-electron chi connectivity index (χ0n) is 16.2. The number of hydrogen-bond acceptors (Lipinski definition) is 7. The van der Waals surface area contributed by atoms with Crippen LogP contribution in [0.3, 0.4) is 0 Å². The highest BCUT2D eigenvalue weighted by molar-refractivity contribution is 7.89. The van der Waals surface area contributed by atoms with Crippen LogP contribution in [0.15, 0.2) is 47.4 Å². The van der Waals surface area contributed by atoms with E-state index in [0.29, 0.717) is 11.4 Å². The van der Waals surface area contributed by atoms with Crippen molar-refractivity contribution in [3.8, 4) is 0 Å². The van der Waals surface area contributed by atoms with E-state index >= 15 is 0 Å². The molecule has 29 heavy (non-hydrogen) atoms. The molecule has 0 spiro atoms. The van der Waals surface area contributed by atoms with Crippen LogP contribution in [-0.2, 0) is 30.9 Å². The Kier molecular flexibility index (Phi) is 7.66. The van der Waals surface area contributed by atoms with Crippen molar-refractivity contribution in [1.29, 1.82) is 0 Å². The van der Waals surface area contributed by atoms with Crippen LogP contribution < -0.4 is 10.0 Å². The summed E-state index contributed by atoms with van der Waals surface area (Å²) in [5.74, 6) is -1.45. The molecule has 0 saturated heterocycles. The van der Waals surface area contributed by atoms with Crippen LogP contribution in [0.4, 0.5) is 0 Å². The zero-order valence-corrected chi connectivity index (χ0v) is 17.8. The van der Waals surface area contributed by atoms with Gasteiger partial charge in [-0.1, -0.05) is 18.2 Å². The Morgan fingerprint density at radius 2 is 1.72 bits per heavy atom. The number of esters is 1. The van der Waals surface area contributed by atoms with Crippen molar-refractivity contribution in [3.05, 3.63) is 52.2 Å². The summed E-state index contributed by atoms with van der Waals surface area (Å²) in [7, 11) is -3.89. The minimum atomic E-state index is -3.89. The molecule has 2 N–H and O–H groups in total. The number of sulfonamides is 1. The van der Waals surface area contributed by atoms with Crippen LogP contribution >= 0.6 is 11.3 Å². The normalized spacial score (nSPS) is 13.3. The fourth-order valence-electron chi connectivity index (χ4n) is 2.30. The van der Waals surface area contributed by atoms with Gasteiger partial charge >= 0.3 is 5.97 Å². The average Bonchev–Trinajstić information content (AvgIpc) is 3.15. The molecule has 2 rings (SSSR count). The Balaban J connectivity index is 1.95. The van der Waals surface area contributed by atoms with Gasteiger partial charge in [-0.3, -0.25) is 14.4 Å². The van der Waals surface area contributed by atoms with Crippen LogP contribution in [0.25, 0.3) is 0 Å². The molecule has 1 amide bonds. The summed E-state index contributed by atoms with van der Waals surface area (Å²) in [5, 5.41) is 2.64. The molecule has 10 heteroatoms. The van der Waals surface area contributed by atoms with Gasteiger partial charge in [0.05, 0.1) is 16.3 Å². The number of thiophene rings is 1. The highest BCUT2D eigenvalue weighted by Gasteiger charge is 2.27. The Morgan fingerprint density at radius 3 is 2.34 bits per heavy atom. The van der Waals surface area contributed by atoms with Crippen molar-refractivity contribution in [1.82, 2.24) is 10.0 Å². The van der Waals surface area contributed by atoms with E-state index in [1.54, 1.807) is 30.3 Å². The van der Waals surface area contributed by atoms with E-state index in [9.17, 15) is 22.8 Å². The summed E-state index contributed by atoms with van der Waals surface area (Å²) in [6, 6.07) is 9.75. The second-order valence-corrected chi connectivity index (χ2v) is 9.16. The molecule has 0 aliphatic carbocycles. The van der Waals surface area contributed by atoms with Crippen LogP contribution in [0.1, 0.15) is 35.3 Å². The van der Waals surface area contributed by atoms with Gasteiger partial charge in [-0.05, 0) is 38.1 Å². The first-order chi connectivity index (χ1) is 13.6. The maximum absolute atomic E-state index is 12.5. The quantitative estimate of drug-likeness (QED) is 0.456. The molecule has 2 atom stereocenters. The molecule has 1 aromatic carbocycles.